The molecule has 0 unspecified atom stereocenters. The number of pyridine rings is 1. The maximum atomic E-state index is 12.0. The van der Waals surface area contributed by atoms with Crippen LogP contribution in [0.4, 0.5) is 16.3 Å². The lowest BCUT2D eigenvalue weighted by Crippen LogP contribution is -2.38. The van der Waals surface area contributed by atoms with Gasteiger partial charge < -0.3 is 9.64 Å². The molecule has 1 aromatic heterocycles. The predicted molar refractivity (Wildman–Crippen MR) is 95.5 cm³/mol. The zero-order chi connectivity index (χ0) is 16.9. The van der Waals surface area contributed by atoms with E-state index in [1.165, 1.54) is 11.3 Å². The highest BCUT2D eigenvalue weighted by molar-refractivity contribution is 5.83. The van der Waals surface area contributed by atoms with E-state index in [4.69, 9.17) is 4.74 Å². The number of carbonyl (C=O) groups excluding carboxylic acids is 1. The zero-order valence-corrected chi connectivity index (χ0v) is 14.2. The highest BCUT2D eigenvalue weighted by Crippen LogP contribution is 2.22. The fourth-order valence-electron chi connectivity index (χ4n) is 2.81. The lowest BCUT2D eigenvalue weighted by atomic mass is 10.1. The number of amides is 1. The minimum Gasteiger partial charge on any atom is -0.446 e. The number of aryl methyl sites for hydroxylation is 2. The van der Waals surface area contributed by atoms with Gasteiger partial charge in [-0.25, -0.2) is 9.78 Å². The van der Waals surface area contributed by atoms with Crippen LogP contribution < -0.4 is 10.2 Å². The zero-order valence-electron chi connectivity index (χ0n) is 14.2. The van der Waals surface area contributed by atoms with Gasteiger partial charge in [-0.2, -0.15) is 0 Å². The lowest BCUT2D eigenvalue weighted by molar-refractivity contribution is 0.0950. The van der Waals surface area contributed by atoms with Crippen LogP contribution in [0.5, 0.6) is 0 Å². The number of aromatic nitrogens is 1. The lowest BCUT2D eigenvalue weighted by Gasteiger charge is -2.33. The van der Waals surface area contributed by atoms with Gasteiger partial charge in [-0.05, 0) is 37.6 Å². The van der Waals surface area contributed by atoms with Gasteiger partial charge >= 0.3 is 6.09 Å². The Morgan fingerprint density at radius 3 is 2.38 bits per heavy atom. The van der Waals surface area contributed by atoms with Crippen LogP contribution in [0.15, 0.2) is 42.6 Å². The topological polar surface area (TPSA) is 54.5 Å². The van der Waals surface area contributed by atoms with Crippen molar-refractivity contribution in [2.45, 2.75) is 32.8 Å². The van der Waals surface area contributed by atoms with Gasteiger partial charge in [-0.1, -0.05) is 23.8 Å². The summed E-state index contributed by atoms with van der Waals surface area (Å²) in [5.74, 6) is 0.516. The standard InChI is InChI=1S/C19H23N3O2/c1-14-3-6-16(7-4-14)22-11-9-17(10-12-22)24-19(23)21-18-8-5-15(2)13-20-18/h3-8,13,17H,9-12H2,1-2H3,(H,20,21,23). The van der Waals surface area contributed by atoms with Gasteiger partial charge in [0.05, 0.1) is 0 Å². The first-order chi connectivity index (χ1) is 11.6. The van der Waals surface area contributed by atoms with Gasteiger partial charge in [0, 0.05) is 37.8 Å². The van der Waals surface area contributed by atoms with Gasteiger partial charge in [0.25, 0.3) is 0 Å². The second-order valence-electron chi connectivity index (χ2n) is 6.27. The summed E-state index contributed by atoms with van der Waals surface area (Å²) < 4.78 is 5.51. The molecule has 0 radical (unpaired) electrons. The van der Waals surface area contributed by atoms with Crippen molar-refractivity contribution in [2.75, 3.05) is 23.3 Å². The molecular formula is C19H23N3O2. The first kappa shape index (κ1) is 16.3. The molecule has 1 amide bonds. The van der Waals surface area contributed by atoms with Crippen molar-refractivity contribution in [1.82, 2.24) is 4.98 Å². The van der Waals surface area contributed by atoms with Crippen LogP contribution in [-0.2, 0) is 4.74 Å². The Morgan fingerprint density at radius 2 is 1.75 bits per heavy atom. The molecule has 126 valence electrons. The van der Waals surface area contributed by atoms with Crippen LogP contribution in [0.3, 0.4) is 0 Å². The van der Waals surface area contributed by atoms with Gasteiger partial charge in [-0.15, -0.1) is 0 Å². The van der Waals surface area contributed by atoms with E-state index in [1.54, 1.807) is 12.3 Å². The molecular weight excluding hydrogens is 302 g/mol. The molecule has 1 fully saturated rings. The number of benzene rings is 1. The fourth-order valence-corrected chi connectivity index (χ4v) is 2.81. The number of rotatable bonds is 3. The van der Waals surface area contributed by atoms with Crippen molar-refractivity contribution in [2.24, 2.45) is 0 Å². The summed E-state index contributed by atoms with van der Waals surface area (Å²) in [7, 11) is 0. The van der Waals surface area contributed by atoms with Crippen molar-refractivity contribution < 1.29 is 9.53 Å². The van der Waals surface area contributed by atoms with Crippen molar-refractivity contribution in [1.29, 1.82) is 0 Å². The summed E-state index contributed by atoms with van der Waals surface area (Å²) in [6.45, 7) is 5.83. The normalized spacial score (nSPS) is 15.2. The van der Waals surface area contributed by atoms with Crippen LogP contribution in [0.2, 0.25) is 0 Å². The summed E-state index contributed by atoms with van der Waals surface area (Å²) in [6, 6.07) is 12.2. The summed E-state index contributed by atoms with van der Waals surface area (Å²) >= 11 is 0. The maximum Gasteiger partial charge on any atom is 0.413 e. The maximum absolute atomic E-state index is 12.0. The number of hydrogen-bond acceptors (Lipinski definition) is 4. The Morgan fingerprint density at radius 1 is 1.08 bits per heavy atom. The van der Waals surface area contributed by atoms with Crippen molar-refractivity contribution in [3.05, 3.63) is 53.7 Å². The molecule has 24 heavy (non-hydrogen) atoms. The van der Waals surface area contributed by atoms with Crippen LogP contribution in [0.1, 0.15) is 24.0 Å². The van der Waals surface area contributed by atoms with Crippen LogP contribution in [0, 0.1) is 13.8 Å². The Kier molecular flexibility index (Phi) is 4.99. The largest absolute Gasteiger partial charge is 0.446 e. The van der Waals surface area contributed by atoms with E-state index in [2.05, 4.69) is 46.4 Å². The minimum atomic E-state index is -0.430. The van der Waals surface area contributed by atoms with Gasteiger partial charge in [0.2, 0.25) is 0 Å². The third-order valence-electron chi connectivity index (χ3n) is 4.26. The molecule has 1 aromatic carbocycles. The summed E-state index contributed by atoms with van der Waals surface area (Å²) in [5, 5.41) is 2.68. The third kappa shape index (κ3) is 4.25. The first-order valence-electron chi connectivity index (χ1n) is 8.32. The molecule has 2 aromatic rings. The highest BCUT2D eigenvalue weighted by atomic mass is 16.6. The Hall–Kier alpha value is -2.56. The van der Waals surface area contributed by atoms with Crippen molar-refractivity contribution in [3.8, 4) is 0 Å². The van der Waals surface area contributed by atoms with Crippen LogP contribution >= 0.6 is 0 Å². The molecule has 5 nitrogen and oxygen atoms in total. The molecule has 2 heterocycles. The molecule has 1 saturated heterocycles. The molecule has 1 aliphatic rings. The summed E-state index contributed by atoms with van der Waals surface area (Å²) in [5.41, 5.74) is 3.54. The monoisotopic (exact) mass is 325 g/mol. The van der Waals surface area contributed by atoms with Crippen LogP contribution in [-0.4, -0.2) is 30.3 Å². The van der Waals surface area contributed by atoms with Crippen LogP contribution in [0.25, 0.3) is 0 Å². The Labute approximate surface area is 142 Å². The van der Waals surface area contributed by atoms with Gasteiger partial charge in [0.1, 0.15) is 11.9 Å². The number of carbonyl (C=O) groups is 1. The van der Waals surface area contributed by atoms with E-state index in [0.29, 0.717) is 5.82 Å². The van der Waals surface area contributed by atoms with E-state index >= 15 is 0 Å². The number of ether oxygens (including phenoxy) is 1. The molecule has 0 saturated carbocycles. The summed E-state index contributed by atoms with van der Waals surface area (Å²) in [6.07, 6.45) is 2.92. The predicted octanol–water partition coefficient (Wildman–Crippen LogP) is 3.92. The quantitative estimate of drug-likeness (QED) is 0.929. The van der Waals surface area contributed by atoms with E-state index in [9.17, 15) is 4.79 Å². The van der Waals surface area contributed by atoms with E-state index in [0.717, 1.165) is 31.5 Å². The second kappa shape index (κ2) is 7.34. The number of nitrogens with one attached hydrogen (secondary N) is 1. The molecule has 3 rings (SSSR count). The number of anilines is 2. The second-order valence-corrected chi connectivity index (χ2v) is 6.27. The smallest absolute Gasteiger partial charge is 0.413 e. The molecule has 1 N–H and O–H groups in total. The first-order valence-corrected chi connectivity index (χ1v) is 8.32. The average molecular weight is 325 g/mol. The molecule has 5 heteroatoms. The van der Waals surface area contributed by atoms with E-state index < -0.39 is 6.09 Å². The fraction of sp³-hybridized carbons (Fsp3) is 0.368. The highest BCUT2D eigenvalue weighted by Gasteiger charge is 2.22. The number of piperidine rings is 1. The Balaban J connectivity index is 1.47. The summed E-state index contributed by atoms with van der Waals surface area (Å²) in [4.78, 5) is 18.4. The van der Waals surface area contributed by atoms with E-state index in [1.807, 2.05) is 13.0 Å². The SMILES string of the molecule is Cc1ccc(N2CCC(OC(=O)Nc3ccc(C)cn3)CC2)cc1. The van der Waals surface area contributed by atoms with Gasteiger partial charge in [-0.3, -0.25) is 5.32 Å². The van der Waals surface area contributed by atoms with Gasteiger partial charge in [0.15, 0.2) is 0 Å². The van der Waals surface area contributed by atoms with E-state index in [-0.39, 0.29) is 6.10 Å². The number of hydrogen-bond donors (Lipinski definition) is 1. The average Bonchev–Trinajstić information content (AvgIpc) is 2.58. The molecule has 0 spiro atoms. The molecule has 0 bridgehead atoms. The molecule has 0 atom stereocenters. The van der Waals surface area contributed by atoms with Crippen molar-refractivity contribution in [3.63, 3.8) is 0 Å². The minimum absolute atomic E-state index is 0.0443. The molecule has 1 aliphatic heterocycles. The molecule has 0 aliphatic carbocycles. The van der Waals surface area contributed by atoms with Crippen molar-refractivity contribution >= 4 is 17.6 Å². The Bertz CT molecular complexity index is 675. The third-order valence-corrected chi connectivity index (χ3v) is 4.26. The number of nitrogens with zero attached hydrogens (tertiary/aromatic N) is 2.